The van der Waals surface area contributed by atoms with E-state index in [0.717, 1.165) is 53.1 Å². The normalized spacial score (nSPS) is 14.3. The predicted molar refractivity (Wildman–Crippen MR) is 152 cm³/mol. The molecule has 5 rings (SSSR count). The Morgan fingerprint density at radius 3 is 2.71 bits per heavy atom. The summed E-state index contributed by atoms with van der Waals surface area (Å²) in [5.41, 5.74) is 4.97. The molecule has 2 aromatic carbocycles. The molecule has 1 aliphatic heterocycles. The van der Waals surface area contributed by atoms with Crippen molar-refractivity contribution < 1.29 is 9.53 Å². The number of benzene rings is 2. The van der Waals surface area contributed by atoms with Crippen LogP contribution in [0.15, 0.2) is 61.2 Å². The lowest BCUT2D eigenvalue weighted by molar-refractivity contribution is 0.0745. The van der Waals surface area contributed by atoms with E-state index in [4.69, 9.17) is 4.74 Å². The number of likely N-dealkylation sites (N-methyl/N-ethyl adjacent to an activating group) is 1. The number of imidazole rings is 1. The fourth-order valence-electron chi connectivity index (χ4n) is 5.55. The Bertz CT molecular complexity index is 1380. The molecule has 0 bridgehead atoms. The van der Waals surface area contributed by atoms with Gasteiger partial charge >= 0.3 is 0 Å². The van der Waals surface area contributed by atoms with Crippen molar-refractivity contribution in [2.45, 2.75) is 39.3 Å². The summed E-state index contributed by atoms with van der Waals surface area (Å²) in [5.74, 6) is 0.767. The molecule has 1 saturated heterocycles. The first-order chi connectivity index (χ1) is 18.5. The zero-order valence-corrected chi connectivity index (χ0v) is 22.8. The van der Waals surface area contributed by atoms with Gasteiger partial charge in [0.25, 0.3) is 5.91 Å². The van der Waals surface area contributed by atoms with E-state index in [1.54, 1.807) is 12.0 Å². The molecule has 38 heavy (non-hydrogen) atoms. The molecule has 1 aliphatic rings. The number of piperidine rings is 1. The summed E-state index contributed by atoms with van der Waals surface area (Å²) < 4.78 is 9.69. The van der Waals surface area contributed by atoms with Gasteiger partial charge in [-0.2, -0.15) is 0 Å². The molecule has 0 aliphatic carbocycles. The van der Waals surface area contributed by atoms with Gasteiger partial charge in [0.05, 0.1) is 36.4 Å². The van der Waals surface area contributed by atoms with Gasteiger partial charge in [0.2, 0.25) is 0 Å². The minimum atomic E-state index is -0.000119. The number of ether oxygens (including phenoxy) is 1. The molecule has 7 nitrogen and oxygen atoms in total. The van der Waals surface area contributed by atoms with Crippen molar-refractivity contribution in [3.05, 3.63) is 78.1 Å². The van der Waals surface area contributed by atoms with Gasteiger partial charge in [-0.25, -0.2) is 4.98 Å². The number of rotatable bonds is 10. The molecular weight excluding hydrogens is 474 g/mol. The van der Waals surface area contributed by atoms with Crippen LogP contribution in [0.4, 0.5) is 0 Å². The van der Waals surface area contributed by atoms with Crippen LogP contribution in [0.5, 0.6) is 0 Å². The van der Waals surface area contributed by atoms with E-state index in [0.29, 0.717) is 25.3 Å². The Kier molecular flexibility index (Phi) is 8.25. The van der Waals surface area contributed by atoms with Gasteiger partial charge in [0, 0.05) is 45.2 Å². The number of carbonyl (C=O) groups excluding carboxylic acids is 1. The highest BCUT2D eigenvalue weighted by Gasteiger charge is 2.22. The number of hydrogen-bond donors (Lipinski definition) is 1. The Labute approximate surface area is 225 Å². The molecular formula is C31H39N5O2. The summed E-state index contributed by atoms with van der Waals surface area (Å²) in [5, 5.41) is 5.77. The number of nitrogens with zero attached hydrogens (tertiary/aromatic N) is 4. The van der Waals surface area contributed by atoms with Gasteiger partial charge in [-0.1, -0.05) is 42.5 Å². The number of carbonyl (C=O) groups is 1. The van der Waals surface area contributed by atoms with E-state index in [2.05, 4.69) is 75.0 Å². The molecule has 3 heterocycles. The molecule has 0 unspecified atom stereocenters. The maximum absolute atomic E-state index is 13.6. The third-order valence-corrected chi connectivity index (χ3v) is 7.89. The Morgan fingerprint density at radius 2 is 1.89 bits per heavy atom. The lowest BCUT2D eigenvalue weighted by Crippen LogP contribution is -2.30. The molecule has 1 amide bonds. The van der Waals surface area contributed by atoms with Gasteiger partial charge in [-0.05, 0) is 61.5 Å². The Balaban J connectivity index is 1.48. The standard InChI is InChI=1S/C31H39N5O2/c1-23-30(36(22-33-23)16-13-24-11-14-32-15-12-24)21-35-19-28(29(20-35)31(37)34(2)17-18-38-3)27-10-6-8-25-7-4-5-9-26(25)27/h4-10,19-20,22,24,32H,11-18,21H2,1-3H3. The first-order valence-corrected chi connectivity index (χ1v) is 13.7. The molecule has 0 spiro atoms. The van der Waals surface area contributed by atoms with Gasteiger partial charge in [0.15, 0.2) is 0 Å². The Hall–Kier alpha value is -3.42. The fourth-order valence-corrected chi connectivity index (χ4v) is 5.55. The highest BCUT2D eigenvalue weighted by atomic mass is 16.5. The lowest BCUT2D eigenvalue weighted by atomic mass is 9.95. The van der Waals surface area contributed by atoms with Crippen molar-refractivity contribution >= 4 is 16.7 Å². The molecule has 7 heteroatoms. The highest BCUT2D eigenvalue weighted by Crippen LogP contribution is 2.33. The lowest BCUT2D eigenvalue weighted by Gasteiger charge is -2.23. The molecule has 0 saturated carbocycles. The van der Waals surface area contributed by atoms with Crippen molar-refractivity contribution in [1.29, 1.82) is 0 Å². The van der Waals surface area contributed by atoms with Gasteiger partial charge in [0.1, 0.15) is 0 Å². The highest BCUT2D eigenvalue weighted by molar-refractivity contribution is 6.05. The van der Waals surface area contributed by atoms with Crippen LogP contribution < -0.4 is 5.32 Å². The van der Waals surface area contributed by atoms with Crippen molar-refractivity contribution in [2.75, 3.05) is 40.4 Å². The molecule has 200 valence electrons. The average Bonchev–Trinajstić information content (AvgIpc) is 3.53. The van der Waals surface area contributed by atoms with Gasteiger partial charge in [-0.15, -0.1) is 0 Å². The number of aromatic nitrogens is 3. The van der Waals surface area contributed by atoms with Crippen LogP contribution >= 0.6 is 0 Å². The van der Waals surface area contributed by atoms with Crippen LogP contribution in [-0.2, 0) is 17.8 Å². The molecule has 2 aromatic heterocycles. The molecule has 1 N–H and O–H groups in total. The smallest absolute Gasteiger partial charge is 0.255 e. The van der Waals surface area contributed by atoms with Crippen molar-refractivity contribution in [1.82, 2.24) is 24.3 Å². The third kappa shape index (κ3) is 5.69. The van der Waals surface area contributed by atoms with Crippen LogP contribution in [-0.4, -0.2) is 65.3 Å². The maximum Gasteiger partial charge on any atom is 0.255 e. The van der Waals surface area contributed by atoms with Crippen LogP contribution in [0, 0.1) is 12.8 Å². The van der Waals surface area contributed by atoms with Crippen molar-refractivity contribution in [3.8, 4) is 11.1 Å². The summed E-state index contributed by atoms with van der Waals surface area (Å²) in [6, 6.07) is 14.7. The summed E-state index contributed by atoms with van der Waals surface area (Å²) in [4.78, 5) is 20.0. The quantitative estimate of drug-likeness (QED) is 0.325. The van der Waals surface area contributed by atoms with Crippen LogP contribution in [0.25, 0.3) is 21.9 Å². The number of amides is 1. The van der Waals surface area contributed by atoms with E-state index in [9.17, 15) is 4.79 Å². The number of methoxy groups -OCH3 is 1. The first kappa shape index (κ1) is 26.2. The minimum absolute atomic E-state index is 0.000119. The van der Waals surface area contributed by atoms with E-state index >= 15 is 0 Å². The van der Waals surface area contributed by atoms with Crippen molar-refractivity contribution in [2.24, 2.45) is 5.92 Å². The summed E-state index contributed by atoms with van der Waals surface area (Å²) in [6.45, 7) is 7.01. The number of nitrogens with one attached hydrogen (secondary N) is 1. The zero-order valence-electron chi connectivity index (χ0n) is 22.8. The number of fused-ring (bicyclic) bond motifs is 1. The monoisotopic (exact) mass is 513 g/mol. The van der Waals surface area contributed by atoms with E-state index < -0.39 is 0 Å². The molecule has 4 aromatic rings. The van der Waals surface area contributed by atoms with Crippen molar-refractivity contribution in [3.63, 3.8) is 0 Å². The van der Waals surface area contributed by atoms with E-state index in [-0.39, 0.29) is 5.91 Å². The van der Waals surface area contributed by atoms with Crippen LogP contribution in [0.2, 0.25) is 0 Å². The second kappa shape index (κ2) is 12.0. The van der Waals surface area contributed by atoms with Crippen LogP contribution in [0.1, 0.15) is 41.0 Å². The Morgan fingerprint density at radius 1 is 1.11 bits per heavy atom. The molecule has 1 fully saturated rings. The molecule has 0 radical (unpaired) electrons. The minimum Gasteiger partial charge on any atom is -0.383 e. The topological polar surface area (TPSA) is 64.3 Å². The van der Waals surface area contributed by atoms with Gasteiger partial charge in [-0.3, -0.25) is 4.79 Å². The summed E-state index contributed by atoms with van der Waals surface area (Å²) in [6.07, 6.45) is 9.78. The second-order valence-electron chi connectivity index (χ2n) is 10.5. The number of aryl methyl sites for hydroxylation is 2. The largest absolute Gasteiger partial charge is 0.383 e. The zero-order chi connectivity index (χ0) is 26.5. The average molecular weight is 514 g/mol. The maximum atomic E-state index is 13.6. The first-order valence-electron chi connectivity index (χ1n) is 13.7. The SMILES string of the molecule is COCCN(C)C(=O)c1cn(Cc2c(C)ncn2CCC2CCNCC2)cc1-c1cccc2ccccc12. The predicted octanol–water partition coefficient (Wildman–Crippen LogP) is 4.97. The number of hydrogen-bond acceptors (Lipinski definition) is 4. The second-order valence-corrected chi connectivity index (χ2v) is 10.5. The van der Waals surface area contributed by atoms with Crippen LogP contribution in [0.3, 0.4) is 0 Å². The van der Waals surface area contributed by atoms with E-state index in [1.807, 2.05) is 19.6 Å². The summed E-state index contributed by atoms with van der Waals surface area (Å²) in [7, 11) is 3.50. The van der Waals surface area contributed by atoms with Gasteiger partial charge < -0.3 is 24.1 Å². The van der Waals surface area contributed by atoms with E-state index in [1.165, 1.54) is 25.0 Å². The third-order valence-electron chi connectivity index (χ3n) is 7.89. The fraction of sp³-hybridized carbons (Fsp3) is 0.419. The molecule has 0 atom stereocenters. The summed E-state index contributed by atoms with van der Waals surface area (Å²) >= 11 is 0.